The monoisotopic (exact) mass is 468 g/mol. The first-order valence-electron chi connectivity index (χ1n) is 10.0. The molecule has 1 N–H and O–H groups in total. The van der Waals surface area contributed by atoms with Gasteiger partial charge in [0.05, 0.1) is 5.75 Å². The number of sulfonamides is 1. The summed E-state index contributed by atoms with van der Waals surface area (Å²) in [5, 5.41) is 11.5. The molecule has 1 fully saturated rings. The Kier molecular flexibility index (Phi) is 7.89. The molecule has 3 rings (SSSR count). The summed E-state index contributed by atoms with van der Waals surface area (Å²) in [4.78, 5) is 12.6. The van der Waals surface area contributed by atoms with Crippen LogP contribution in [0.3, 0.4) is 0 Å². The number of amides is 1. The van der Waals surface area contributed by atoms with Gasteiger partial charge in [-0.05, 0) is 36.8 Å². The largest absolute Gasteiger partial charge is 0.300 e. The van der Waals surface area contributed by atoms with Crippen molar-refractivity contribution in [3.8, 4) is 0 Å². The Hall–Kier alpha value is -1.49. The molecule has 0 saturated carbocycles. The summed E-state index contributed by atoms with van der Waals surface area (Å²) >= 11 is 3.01. The fraction of sp³-hybridized carbons (Fsp3) is 0.550. The molecule has 0 radical (unpaired) electrons. The van der Waals surface area contributed by atoms with Gasteiger partial charge in [-0.2, -0.15) is 0 Å². The second kappa shape index (κ2) is 10.2. The lowest BCUT2D eigenvalue weighted by atomic mass is 9.97. The predicted molar refractivity (Wildman–Crippen MR) is 122 cm³/mol. The first-order valence-corrected chi connectivity index (χ1v) is 13.4. The summed E-state index contributed by atoms with van der Waals surface area (Å²) in [5.41, 5.74) is 1.79. The highest BCUT2D eigenvalue weighted by Gasteiger charge is 2.31. The Morgan fingerprint density at radius 2 is 1.97 bits per heavy atom. The number of aromatic nitrogens is 2. The van der Waals surface area contributed by atoms with Crippen LogP contribution < -0.4 is 5.32 Å². The van der Waals surface area contributed by atoms with E-state index in [4.69, 9.17) is 0 Å². The Labute approximate surface area is 186 Å². The molecule has 164 valence electrons. The van der Waals surface area contributed by atoms with Crippen molar-refractivity contribution in [2.45, 2.75) is 43.7 Å². The molecule has 30 heavy (non-hydrogen) atoms. The number of anilines is 1. The molecule has 1 aliphatic rings. The molecule has 0 bridgehead atoms. The van der Waals surface area contributed by atoms with Gasteiger partial charge in [-0.15, -0.1) is 10.2 Å². The van der Waals surface area contributed by atoms with E-state index in [1.807, 2.05) is 31.2 Å². The molecule has 0 unspecified atom stereocenters. The third kappa shape index (κ3) is 6.26. The van der Waals surface area contributed by atoms with Crippen molar-refractivity contribution in [3.63, 3.8) is 0 Å². The van der Waals surface area contributed by atoms with Gasteiger partial charge in [-0.3, -0.25) is 4.79 Å². The zero-order valence-corrected chi connectivity index (χ0v) is 19.9. The fourth-order valence-corrected chi connectivity index (χ4v) is 6.62. The smallest absolute Gasteiger partial charge is 0.229 e. The molecule has 0 aliphatic carbocycles. The molecule has 1 aromatic carbocycles. The summed E-state index contributed by atoms with van der Waals surface area (Å²) in [6.07, 6.45) is 1.01. The second-order valence-corrected chi connectivity index (χ2v) is 12.1. The van der Waals surface area contributed by atoms with Gasteiger partial charge >= 0.3 is 0 Å². The van der Waals surface area contributed by atoms with E-state index in [-0.39, 0.29) is 17.6 Å². The average Bonchev–Trinajstić information content (AvgIpc) is 3.15. The van der Waals surface area contributed by atoms with Crippen molar-refractivity contribution in [1.82, 2.24) is 14.5 Å². The molecule has 1 aliphatic heterocycles. The van der Waals surface area contributed by atoms with Crippen molar-refractivity contribution in [1.29, 1.82) is 0 Å². The quantitative estimate of drug-likeness (QED) is 0.468. The molecule has 1 amide bonds. The summed E-state index contributed by atoms with van der Waals surface area (Å²) in [5.74, 6) is 1.19. The molecular weight excluding hydrogens is 440 g/mol. The maximum atomic E-state index is 12.8. The van der Waals surface area contributed by atoms with Crippen molar-refractivity contribution in [3.05, 3.63) is 35.4 Å². The predicted octanol–water partition coefficient (Wildman–Crippen LogP) is 3.78. The van der Waals surface area contributed by atoms with Crippen molar-refractivity contribution in [2.24, 2.45) is 11.8 Å². The number of piperidine rings is 1. The minimum Gasteiger partial charge on any atom is -0.300 e. The third-order valence-corrected chi connectivity index (χ3v) is 9.22. The number of nitrogens with one attached hydrogen (secondary N) is 1. The fourth-order valence-electron chi connectivity index (χ4n) is 3.22. The van der Waals surface area contributed by atoms with E-state index in [0.717, 1.165) is 21.2 Å². The molecule has 2 heterocycles. The lowest BCUT2D eigenvalue weighted by Gasteiger charge is -2.30. The summed E-state index contributed by atoms with van der Waals surface area (Å²) in [6, 6.07) is 7.53. The number of nitrogens with zero attached hydrogens (tertiary/aromatic N) is 3. The van der Waals surface area contributed by atoms with Crippen molar-refractivity contribution in [2.75, 3.05) is 24.2 Å². The number of hydrogen-bond donors (Lipinski definition) is 1. The number of rotatable bonds is 8. The maximum absolute atomic E-state index is 12.8. The molecule has 2 aromatic rings. The van der Waals surface area contributed by atoms with Crippen LogP contribution in [0.5, 0.6) is 0 Å². The van der Waals surface area contributed by atoms with E-state index in [1.54, 1.807) is 11.8 Å². The van der Waals surface area contributed by atoms with Crippen LogP contribution in [-0.2, 0) is 20.6 Å². The van der Waals surface area contributed by atoms with Gasteiger partial charge in [0.25, 0.3) is 0 Å². The van der Waals surface area contributed by atoms with Gasteiger partial charge in [0.2, 0.25) is 21.1 Å². The summed E-state index contributed by atoms with van der Waals surface area (Å²) in [7, 11) is -3.40. The van der Waals surface area contributed by atoms with Crippen LogP contribution in [0.1, 0.15) is 37.8 Å². The zero-order chi connectivity index (χ0) is 21.7. The van der Waals surface area contributed by atoms with E-state index in [9.17, 15) is 13.2 Å². The lowest BCUT2D eigenvalue weighted by Crippen LogP contribution is -2.41. The summed E-state index contributed by atoms with van der Waals surface area (Å²) < 4.78 is 27.9. The maximum Gasteiger partial charge on any atom is 0.229 e. The molecule has 10 heteroatoms. The van der Waals surface area contributed by atoms with Gasteiger partial charge in [0.1, 0.15) is 0 Å². The van der Waals surface area contributed by atoms with Crippen LogP contribution >= 0.6 is 23.1 Å². The highest BCUT2D eigenvalue weighted by atomic mass is 32.2. The number of hydrogen-bond acceptors (Lipinski definition) is 7. The van der Waals surface area contributed by atoms with Crippen LogP contribution in [0.2, 0.25) is 0 Å². The first-order chi connectivity index (χ1) is 14.2. The second-order valence-electron chi connectivity index (χ2n) is 7.92. The van der Waals surface area contributed by atoms with Crippen LogP contribution in [-0.4, -0.2) is 47.7 Å². The normalized spacial score (nSPS) is 16.1. The number of carbonyl (C=O) groups is 1. The zero-order valence-electron chi connectivity index (χ0n) is 17.5. The minimum absolute atomic E-state index is 0.00184. The third-order valence-electron chi connectivity index (χ3n) is 4.99. The SMILES string of the molecule is Cc1ccccc1CS(=O)(=O)N1CCC(C(=O)Nc2nnc(SCC(C)C)s2)CC1. The molecule has 1 saturated heterocycles. The van der Waals surface area contributed by atoms with Gasteiger partial charge in [0, 0.05) is 24.8 Å². The molecule has 0 spiro atoms. The van der Waals surface area contributed by atoms with E-state index in [1.165, 1.54) is 15.6 Å². The van der Waals surface area contributed by atoms with Crippen LogP contribution in [0.4, 0.5) is 5.13 Å². The van der Waals surface area contributed by atoms with E-state index >= 15 is 0 Å². The van der Waals surface area contributed by atoms with Crippen molar-refractivity contribution >= 4 is 44.2 Å². The van der Waals surface area contributed by atoms with Crippen molar-refractivity contribution < 1.29 is 13.2 Å². The number of carbonyl (C=O) groups excluding carboxylic acids is 1. The molecule has 0 atom stereocenters. The average molecular weight is 469 g/mol. The van der Waals surface area contributed by atoms with Gasteiger partial charge in [-0.1, -0.05) is 61.2 Å². The van der Waals surface area contributed by atoms with Crippen LogP contribution in [0.25, 0.3) is 0 Å². The number of benzene rings is 1. The van der Waals surface area contributed by atoms with E-state index < -0.39 is 10.0 Å². The Morgan fingerprint density at radius 1 is 1.27 bits per heavy atom. The Bertz CT molecular complexity index is 967. The number of thioether (sulfide) groups is 1. The minimum atomic E-state index is -3.40. The lowest BCUT2D eigenvalue weighted by molar-refractivity contribution is -0.120. The van der Waals surface area contributed by atoms with Crippen LogP contribution in [0.15, 0.2) is 28.6 Å². The van der Waals surface area contributed by atoms with Crippen LogP contribution in [0, 0.1) is 18.8 Å². The van der Waals surface area contributed by atoms with Gasteiger partial charge in [0.15, 0.2) is 4.34 Å². The topological polar surface area (TPSA) is 92.3 Å². The summed E-state index contributed by atoms with van der Waals surface area (Å²) in [6.45, 7) is 6.92. The molecule has 1 aromatic heterocycles. The first kappa shape index (κ1) is 23.2. The molecular formula is C20H28N4O3S3. The van der Waals surface area contributed by atoms with E-state index in [2.05, 4.69) is 29.4 Å². The van der Waals surface area contributed by atoms with E-state index in [0.29, 0.717) is 37.0 Å². The Morgan fingerprint density at radius 3 is 2.63 bits per heavy atom. The van der Waals surface area contributed by atoms with Gasteiger partial charge in [-0.25, -0.2) is 12.7 Å². The standard InChI is InChI=1S/C20H28N4O3S3/c1-14(2)12-28-20-23-22-19(29-20)21-18(25)16-8-10-24(11-9-16)30(26,27)13-17-7-5-4-6-15(17)3/h4-7,14,16H,8-13H2,1-3H3,(H,21,22,25). The number of aryl methyl sites for hydroxylation is 1. The Balaban J connectivity index is 1.51. The highest BCUT2D eigenvalue weighted by molar-refractivity contribution is 8.01. The molecule has 7 nitrogen and oxygen atoms in total. The highest BCUT2D eigenvalue weighted by Crippen LogP contribution is 2.28. The van der Waals surface area contributed by atoms with Gasteiger partial charge < -0.3 is 5.32 Å².